The molecule has 0 radical (unpaired) electrons. The molecule has 0 atom stereocenters. The van der Waals surface area contributed by atoms with Gasteiger partial charge < -0.3 is 4.74 Å². The van der Waals surface area contributed by atoms with E-state index < -0.39 is 11.7 Å². The van der Waals surface area contributed by atoms with Crippen molar-refractivity contribution in [1.29, 1.82) is 0 Å². The van der Waals surface area contributed by atoms with Crippen LogP contribution in [-0.2, 0) is 24.4 Å². The highest BCUT2D eigenvalue weighted by molar-refractivity contribution is 6.30. The second kappa shape index (κ2) is 7.19. The van der Waals surface area contributed by atoms with Crippen LogP contribution in [0.2, 0.25) is 5.02 Å². The van der Waals surface area contributed by atoms with Crippen molar-refractivity contribution in [3.05, 3.63) is 74.7 Å². The Morgan fingerprint density at radius 2 is 1.83 bits per heavy atom. The number of nitrogens with zero attached hydrogens (tertiary/aromatic N) is 3. The van der Waals surface area contributed by atoms with Gasteiger partial charge in [0.05, 0.1) is 19.6 Å². The van der Waals surface area contributed by atoms with Gasteiger partial charge in [0.2, 0.25) is 0 Å². The summed E-state index contributed by atoms with van der Waals surface area (Å²) in [6.07, 6.45) is 1.25. The quantitative estimate of drug-likeness (QED) is 0.628. The van der Waals surface area contributed by atoms with Crippen LogP contribution in [0.1, 0.15) is 37.5 Å². The molecule has 2 aromatic heterocycles. The Labute approximate surface area is 173 Å². The van der Waals surface area contributed by atoms with Gasteiger partial charge in [0.1, 0.15) is 11.2 Å². The second-order valence-corrected chi connectivity index (χ2v) is 8.62. The zero-order valence-corrected chi connectivity index (χ0v) is 17.4. The van der Waals surface area contributed by atoms with Crippen LogP contribution < -0.4 is 5.56 Å². The largest absolute Gasteiger partial charge is 0.444 e. The minimum atomic E-state index is -0.593. The van der Waals surface area contributed by atoms with E-state index >= 15 is 0 Å². The van der Waals surface area contributed by atoms with Crippen molar-refractivity contribution in [2.45, 2.75) is 46.0 Å². The van der Waals surface area contributed by atoms with Crippen molar-refractivity contribution in [1.82, 2.24) is 14.5 Å². The number of hydrogen-bond acceptors (Lipinski definition) is 4. The summed E-state index contributed by atoms with van der Waals surface area (Å²) in [6.45, 7) is 6.42. The smallest absolute Gasteiger partial charge is 0.410 e. The summed E-state index contributed by atoms with van der Waals surface area (Å²) in [5, 5.41) is 1.52. The molecule has 3 heterocycles. The average molecular weight is 412 g/mol. The monoisotopic (exact) mass is 411 g/mol. The lowest BCUT2D eigenvalue weighted by atomic mass is 10.1. The summed E-state index contributed by atoms with van der Waals surface area (Å²) in [4.78, 5) is 31.9. The zero-order valence-electron chi connectivity index (χ0n) is 16.6. The van der Waals surface area contributed by atoms with E-state index in [0.717, 1.165) is 16.5 Å². The Balaban J connectivity index is 1.77. The molecule has 1 amide bonds. The number of aromatic nitrogens is 2. The standard InChI is InChI=1S/C22H22ClN3O3/c1-22(2,3)29-21(28)25-12-17-16-5-4-10-24-19(16)26(20(27)18(17)13-25)11-14-6-8-15(23)9-7-14/h4-10H,11-13H2,1-3H3. The van der Waals surface area contributed by atoms with Gasteiger partial charge in [-0.25, -0.2) is 9.78 Å². The molecule has 4 rings (SSSR count). The molecule has 0 unspecified atom stereocenters. The first kappa shape index (κ1) is 19.5. The normalized spacial score (nSPS) is 13.6. The van der Waals surface area contributed by atoms with Crippen molar-refractivity contribution in [2.75, 3.05) is 0 Å². The van der Waals surface area contributed by atoms with Crippen LogP contribution >= 0.6 is 11.6 Å². The summed E-state index contributed by atoms with van der Waals surface area (Å²) in [6, 6.07) is 11.2. The maximum atomic E-state index is 13.3. The first-order valence-electron chi connectivity index (χ1n) is 9.44. The van der Waals surface area contributed by atoms with Crippen molar-refractivity contribution < 1.29 is 9.53 Å². The van der Waals surface area contributed by atoms with Crippen LogP contribution in [0.15, 0.2) is 47.4 Å². The van der Waals surface area contributed by atoms with E-state index in [1.54, 1.807) is 27.8 Å². The predicted molar refractivity (Wildman–Crippen MR) is 112 cm³/mol. The highest BCUT2D eigenvalue weighted by Gasteiger charge is 2.32. The van der Waals surface area contributed by atoms with Crippen LogP contribution in [0.4, 0.5) is 4.79 Å². The minimum absolute atomic E-state index is 0.132. The van der Waals surface area contributed by atoms with E-state index in [1.807, 2.05) is 45.0 Å². The lowest BCUT2D eigenvalue weighted by Crippen LogP contribution is -2.34. The number of rotatable bonds is 2. The molecular formula is C22H22ClN3O3. The van der Waals surface area contributed by atoms with E-state index in [0.29, 0.717) is 29.3 Å². The number of pyridine rings is 2. The topological polar surface area (TPSA) is 64.4 Å². The van der Waals surface area contributed by atoms with Crippen molar-refractivity contribution in [3.63, 3.8) is 0 Å². The predicted octanol–water partition coefficient (Wildman–Crippen LogP) is 4.35. The van der Waals surface area contributed by atoms with Crippen LogP contribution in [0, 0.1) is 0 Å². The highest BCUT2D eigenvalue weighted by atomic mass is 35.5. The number of carbonyl (C=O) groups excluding carboxylic acids is 1. The fourth-order valence-corrected chi connectivity index (χ4v) is 3.68. The molecule has 0 fully saturated rings. The first-order valence-corrected chi connectivity index (χ1v) is 9.82. The molecule has 0 spiro atoms. The van der Waals surface area contributed by atoms with E-state index in [2.05, 4.69) is 4.98 Å². The van der Waals surface area contributed by atoms with Crippen LogP contribution in [0.5, 0.6) is 0 Å². The van der Waals surface area contributed by atoms with E-state index in [9.17, 15) is 9.59 Å². The molecule has 1 aromatic carbocycles. The third-order valence-corrected chi connectivity index (χ3v) is 5.09. The van der Waals surface area contributed by atoms with Gasteiger partial charge in [-0.1, -0.05) is 23.7 Å². The number of amides is 1. The highest BCUT2D eigenvalue weighted by Crippen LogP contribution is 2.28. The molecule has 1 aliphatic heterocycles. The van der Waals surface area contributed by atoms with Gasteiger partial charge >= 0.3 is 6.09 Å². The van der Waals surface area contributed by atoms with Crippen molar-refractivity contribution in [2.24, 2.45) is 0 Å². The Morgan fingerprint density at radius 1 is 1.14 bits per heavy atom. The molecule has 0 saturated heterocycles. The molecule has 6 nitrogen and oxygen atoms in total. The molecule has 150 valence electrons. The first-order chi connectivity index (χ1) is 13.7. The summed E-state index contributed by atoms with van der Waals surface area (Å²) >= 11 is 5.98. The van der Waals surface area contributed by atoms with Gasteiger partial charge in [0.15, 0.2) is 0 Å². The summed E-state index contributed by atoms with van der Waals surface area (Å²) < 4.78 is 7.15. The minimum Gasteiger partial charge on any atom is -0.444 e. The van der Waals surface area contributed by atoms with Crippen molar-refractivity contribution in [3.8, 4) is 0 Å². The fourth-order valence-electron chi connectivity index (χ4n) is 3.55. The molecule has 29 heavy (non-hydrogen) atoms. The SMILES string of the molecule is CC(C)(C)OC(=O)N1Cc2c(c3cccnc3n(Cc3ccc(Cl)cc3)c2=O)C1. The van der Waals surface area contributed by atoms with Crippen molar-refractivity contribution >= 4 is 28.7 Å². The van der Waals surface area contributed by atoms with Gasteiger partial charge in [0.25, 0.3) is 5.56 Å². The van der Waals surface area contributed by atoms with Gasteiger partial charge in [-0.05, 0) is 56.2 Å². The molecule has 0 saturated carbocycles. The van der Waals surface area contributed by atoms with Gasteiger partial charge in [-0.2, -0.15) is 0 Å². The number of halogens is 1. The van der Waals surface area contributed by atoms with Crippen LogP contribution in [-0.4, -0.2) is 26.1 Å². The lowest BCUT2D eigenvalue weighted by Gasteiger charge is -2.24. The second-order valence-electron chi connectivity index (χ2n) is 8.19. The van der Waals surface area contributed by atoms with Crippen LogP contribution in [0.25, 0.3) is 11.0 Å². The van der Waals surface area contributed by atoms with E-state index in [4.69, 9.17) is 16.3 Å². The Morgan fingerprint density at radius 3 is 2.52 bits per heavy atom. The number of carbonyl (C=O) groups is 1. The average Bonchev–Trinajstić information content (AvgIpc) is 3.11. The molecule has 3 aromatic rings. The molecule has 0 bridgehead atoms. The molecule has 0 aliphatic carbocycles. The Hall–Kier alpha value is -2.86. The molecule has 0 N–H and O–H groups in total. The number of benzene rings is 1. The molecule has 7 heteroatoms. The number of hydrogen-bond donors (Lipinski definition) is 0. The van der Waals surface area contributed by atoms with E-state index in [1.165, 1.54) is 0 Å². The van der Waals surface area contributed by atoms with Gasteiger partial charge in [-0.3, -0.25) is 14.3 Å². The maximum Gasteiger partial charge on any atom is 0.410 e. The number of fused-ring (bicyclic) bond motifs is 3. The Bertz CT molecular complexity index is 1150. The summed E-state index contributed by atoms with van der Waals surface area (Å²) in [5.41, 5.74) is 2.29. The fraction of sp³-hybridized carbons (Fsp3) is 0.318. The molecular weight excluding hydrogens is 390 g/mol. The third-order valence-electron chi connectivity index (χ3n) is 4.84. The van der Waals surface area contributed by atoms with E-state index in [-0.39, 0.29) is 12.1 Å². The summed E-state index contributed by atoms with van der Waals surface area (Å²) in [7, 11) is 0. The number of ether oxygens (including phenoxy) is 1. The Kier molecular flexibility index (Phi) is 4.82. The third kappa shape index (κ3) is 3.85. The van der Waals surface area contributed by atoms with Gasteiger partial charge in [-0.15, -0.1) is 0 Å². The van der Waals surface area contributed by atoms with Gasteiger partial charge in [0, 0.05) is 22.2 Å². The van der Waals surface area contributed by atoms with Crippen LogP contribution in [0.3, 0.4) is 0 Å². The molecule has 1 aliphatic rings. The lowest BCUT2D eigenvalue weighted by molar-refractivity contribution is 0.0242. The summed E-state index contributed by atoms with van der Waals surface area (Å²) in [5.74, 6) is 0. The maximum absolute atomic E-state index is 13.3. The zero-order chi connectivity index (χ0) is 20.8.